The molecule has 3 N–H and O–H groups in total. The van der Waals surface area contributed by atoms with Crippen molar-refractivity contribution < 1.29 is 10.2 Å². The van der Waals surface area contributed by atoms with Crippen LogP contribution in [0.2, 0.25) is 5.15 Å². The van der Waals surface area contributed by atoms with Crippen LogP contribution in [0.1, 0.15) is 19.8 Å². The summed E-state index contributed by atoms with van der Waals surface area (Å²) in [6, 6.07) is 7.55. The summed E-state index contributed by atoms with van der Waals surface area (Å²) in [7, 11) is 3.68. The van der Waals surface area contributed by atoms with Crippen molar-refractivity contribution in [2.45, 2.75) is 38.0 Å². The highest BCUT2D eigenvalue weighted by atomic mass is 35.5. The maximum Gasteiger partial charge on any atom is 0.228 e. The third-order valence-electron chi connectivity index (χ3n) is 5.41. The molecule has 0 amide bonds. The molecule has 7 nitrogen and oxygen atoms in total. The minimum absolute atomic E-state index is 0.0408. The molecule has 2 aromatic heterocycles. The van der Waals surface area contributed by atoms with E-state index in [4.69, 9.17) is 16.6 Å². The number of aromatic nitrogens is 3. The first-order valence-electron chi connectivity index (χ1n) is 9.62. The molecule has 0 radical (unpaired) electrons. The third kappa shape index (κ3) is 3.77. The SMILES string of the molecule is CC[C@H]1C[C@@H](Nc2nc(N(C)C)nc(Cl)c2-c2nc3ccccc3s2)[C@H](O)[C@@H]1O. The number of anilines is 2. The molecule has 1 aliphatic carbocycles. The number of para-hydroxylation sites is 1. The van der Waals surface area contributed by atoms with E-state index in [0.717, 1.165) is 16.6 Å². The van der Waals surface area contributed by atoms with Crippen LogP contribution >= 0.6 is 22.9 Å². The molecule has 0 aliphatic heterocycles. The lowest BCUT2D eigenvalue weighted by molar-refractivity contribution is 0.0167. The molecule has 154 valence electrons. The van der Waals surface area contributed by atoms with Crippen molar-refractivity contribution in [3.05, 3.63) is 29.4 Å². The number of hydrogen-bond donors (Lipinski definition) is 3. The number of benzene rings is 1. The Balaban J connectivity index is 1.79. The molecule has 29 heavy (non-hydrogen) atoms. The minimum Gasteiger partial charge on any atom is -0.390 e. The number of nitrogens with zero attached hydrogens (tertiary/aromatic N) is 4. The molecular weight excluding hydrogens is 410 g/mol. The van der Waals surface area contributed by atoms with Gasteiger partial charge >= 0.3 is 0 Å². The van der Waals surface area contributed by atoms with Gasteiger partial charge in [-0.2, -0.15) is 4.98 Å². The lowest BCUT2D eigenvalue weighted by Gasteiger charge is -2.21. The van der Waals surface area contributed by atoms with Crippen molar-refractivity contribution >= 4 is 44.9 Å². The molecule has 9 heteroatoms. The highest BCUT2D eigenvalue weighted by Crippen LogP contribution is 2.40. The van der Waals surface area contributed by atoms with E-state index in [2.05, 4.69) is 15.3 Å². The van der Waals surface area contributed by atoms with E-state index in [1.807, 2.05) is 45.3 Å². The van der Waals surface area contributed by atoms with E-state index in [9.17, 15) is 10.2 Å². The molecule has 0 saturated heterocycles. The largest absolute Gasteiger partial charge is 0.390 e. The summed E-state index contributed by atoms with van der Waals surface area (Å²) in [5.74, 6) is 1.02. The second kappa shape index (κ2) is 8.02. The first kappa shape index (κ1) is 20.3. The number of nitrogens with one attached hydrogen (secondary N) is 1. The molecule has 1 saturated carbocycles. The maximum absolute atomic E-state index is 10.5. The summed E-state index contributed by atoms with van der Waals surface area (Å²) < 4.78 is 1.04. The van der Waals surface area contributed by atoms with Crippen molar-refractivity contribution in [1.82, 2.24) is 15.0 Å². The molecule has 0 spiro atoms. The van der Waals surface area contributed by atoms with Crippen LogP contribution < -0.4 is 10.2 Å². The topological polar surface area (TPSA) is 94.4 Å². The van der Waals surface area contributed by atoms with Gasteiger partial charge in [0.15, 0.2) is 0 Å². The van der Waals surface area contributed by atoms with E-state index in [-0.39, 0.29) is 12.0 Å². The van der Waals surface area contributed by atoms with Gasteiger partial charge in [-0.15, -0.1) is 11.3 Å². The van der Waals surface area contributed by atoms with Crippen molar-refractivity contribution in [3.8, 4) is 10.6 Å². The van der Waals surface area contributed by atoms with Crippen LogP contribution in [0.25, 0.3) is 20.8 Å². The van der Waals surface area contributed by atoms with E-state index >= 15 is 0 Å². The lowest BCUT2D eigenvalue weighted by atomic mass is 10.0. The standard InChI is InChI=1S/C20H24ClN5O2S/c1-4-10-9-12(16(28)15(10)27)22-18-14(17(21)24-20(25-18)26(2)3)19-23-11-7-5-6-8-13(11)29-19/h5-8,10,12,15-16,27-28H,4,9H2,1-3H3,(H,22,24,25)/t10-,12+,15+,16-/m0/s1. The number of fused-ring (bicyclic) bond motifs is 1. The smallest absolute Gasteiger partial charge is 0.228 e. The van der Waals surface area contributed by atoms with Gasteiger partial charge in [-0.3, -0.25) is 0 Å². The molecule has 4 rings (SSSR count). The fourth-order valence-corrected chi connectivity index (χ4v) is 5.07. The van der Waals surface area contributed by atoms with Crippen LogP contribution in [-0.4, -0.2) is 57.5 Å². The second-order valence-corrected chi connectivity index (χ2v) is 8.94. The van der Waals surface area contributed by atoms with Crippen LogP contribution in [0.5, 0.6) is 0 Å². The lowest BCUT2D eigenvalue weighted by Crippen LogP contribution is -2.35. The number of rotatable bonds is 5. The average molecular weight is 434 g/mol. The van der Waals surface area contributed by atoms with Gasteiger partial charge in [-0.25, -0.2) is 9.97 Å². The summed E-state index contributed by atoms with van der Waals surface area (Å²) in [6.45, 7) is 2.02. The van der Waals surface area contributed by atoms with Crippen molar-refractivity contribution in [2.24, 2.45) is 5.92 Å². The Morgan fingerprint density at radius 3 is 2.59 bits per heavy atom. The molecule has 1 fully saturated rings. The normalized spacial score (nSPS) is 24.2. The molecule has 1 aromatic carbocycles. The number of thiazole rings is 1. The number of aliphatic hydroxyl groups is 2. The molecule has 2 heterocycles. The fourth-order valence-electron chi connectivity index (χ4n) is 3.75. The van der Waals surface area contributed by atoms with E-state index in [0.29, 0.717) is 33.9 Å². The van der Waals surface area contributed by atoms with E-state index in [1.54, 1.807) is 4.90 Å². The average Bonchev–Trinajstić information content (AvgIpc) is 3.23. The van der Waals surface area contributed by atoms with Crippen molar-refractivity contribution in [2.75, 3.05) is 24.3 Å². The summed E-state index contributed by atoms with van der Waals surface area (Å²) in [4.78, 5) is 15.5. The molecule has 0 unspecified atom stereocenters. The predicted molar refractivity (Wildman–Crippen MR) is 118 cm³/mol. The van der Waals surface area contributed by atoms with Crippen LogP contribution in [0.3, 0.4) is 0 Å². The number of hydrogen-bond acceptors (Lipinski definition) is 8. The van der Waals surface area contributed by atoms with Gasteiger partial charge in [0.2, 0.25) is 5.95 Å². The van der Waals surface area contributed by atoms with Gasteiger partial charge in [-0.05, 0) is 24.5 Å². The summed E-state index contributed by atoms with van der Waals surface area (Å²) in [6.07, 6.45) is -0.181. The Labute approximate surface area is 178 Å². The first-order valence-corrected chi connectivity index (χ1v) is 10.8. The quantitative estimate of drug-likeness (QED) is 0.531. The van der Waals surface area contributed by atoms with Gasteiger partial charge in [0, 0.05) is 14.1 Å². The van der Waals surface area contributed by atoms with Crippen LogP contribution in [0.4, 0.5) is 11.8 Å². The zero-order valence-corrected chi connectivity index (χ0v) is 18.1. The Bertz CT molecular complexity index is 994. The van der Waals surface area contributed by atoms with E-state index < -0.39 is 12.2 Å². The molecule has 3 aromatic rings. The van der Waals surface area contributed by atoms with Gasteiger partial charge in [0.25, 0.3) is 0 Å². The summed E-state index contributed by atoms with van der Waals surface area (Å²) in [5, 5.41) is 25.2. The van der Waals surface area contributed by atoms with Crippen LogP contribution in [0.15, 0.2) is 24.3 Å². The monoisotopic (exact) mass is 433 g/mol. The van der Waals surface area contributed by atoms with Gasteiger partial charge in [0.1, 0.15) is 22.1 Å². The number of aliphatic hydroxyl groups excluding tert-OH is 2. The third-order valence-corrected chi connectivity index (χ3v) is 6.74. The molecule has 1 aliphatic rings. The van der Waals surface area contributed by atoms with E-state index in [1.165, 1.54) is 11.3 Å². The van der Waals surface area contributed by atoms with Gasteiger partial charge < -0.3 is 20.4 Å². The van der Waals surface area contributed by atoms with Crippen molar-refractivity contribution in [3.63, 3.8) is 0 Å². The zero-order valence-electron chi connectivity index (χ0n) is 16.5. The Morgan fingerprint density at radius 2 is 1.93 bits per heavy atom. The molecule has 4 atom stereocenters. The Morgan fingerprint density at radius 1 is 1.17 bits per heavy atom. The van der Waals surface area contributed by atoms with Crippen LogP contribution in [0, 0.1) is 5.92 Å². The van der Waals surface area contributed by atoms with Crippen molar-refractivity contribution in [1.29, 1.82) is 0 Å². The summed E-state index contributed by atoms with van der Waals surface area (Å²) in [5.41, 5.74) is 1.49. The Kier molecular flexibility index (Phi) is 5.61. The zero-order chi connectivity index (χ0) is 20.7. The fraction of sp³-hybridized carbons (Fsp3) is 0.450. The Hall–Kier alpha value is -2.00. The molecular formula is C20H24ClN5O2S. The maximum atomic E-state index is 10.5. The highest BCUT2D eigenvalue weighted by Gasteiger charge is 2.41. The minimum atomic E-state index is -0.875. The predicted octanol–water partition coefficient (Wildman–Crippen LogP) is 3.40. The van der Waals surface area contributed by atoms with Gasteiger partial charge in [0.05, 0.1) is 27.9 Å². The first-order chi connectivity index (χ1) is 13.9. The highest BCUT2D eigenvalue weighted by molar-refractivity contribution is 7.21. The number of halogens is 1. The van der Waals surface area contributed by atoms with Gasteiger partial charge in [-0.1, -0.05) is 37.1 Å². The molecule has 0 bridgehead atoms. The van der Waals surface area contributed by atoms with Crippen LogP contribution in [-0.2, 0) is 0 Å². The summed E-state index contributed by atoms with van der Waals surface area (Å²) >= 11 is 8.10. The second-order valence-electron chi connectivity index (χ2n) is 7.56.